The van der Waals surface area contributed by atoms with Crippen LogP contribution in [0.4, 0.5) is 22.7 Å². The van der Waals surface area contributed by atoms with E-state index in [0.717, 1.165) is 11.6 Å². The van der Waals surface area contributed by atoms with Crippen LogP contribution in [0.3, 0.4) is 0 Å². The van der Waals surface area contributed by atoms with Gasteiger partial charge in [-0.1, -0.05) is 23.8 Å². The molecule has 4 aromatic rings. The number of carbonyl (C=O) groups is 1. The van der Waals surface area contributed by atoms with Gasteiger partial charge in [0.15, 0.2) is 22.9 Å². The van der Waals surface area contributed by atoms with Crippen molar-refractivity contribution < 1.29 is 66.6 Å². The van der Waals surface area contributed by atoms with Gasteiger partial charge in [-0.05, 0) is 62.1 Å². The molecule has 1 radical (unpaired) electrons. The first-order valence-electron chi connectivity index (χ1n) is 12.6. The molecule has 0 aromatic heterocycles. The summed E-state index contributed by atoms with van der Waals surface area (Å²) in [6.45, 7) is 5.42. The topological polar surface area (TPSA) is 169 Å². The number of anilines is 1. The zero-order valence-electron chi connectivity index (χ0n) is 23.7. The van der Waals surface area contributed by atoms with E-state index in [-0.39, 0.29) is 77.6 Å². The van der Waals surface area contributed by atoms with Crippen LogP contribution in [0, 0.1) is 13.8 Å². The Morgan fingerprint density at radius 2 is 1.66 bits per heavy atom. The summed E-state index contributed by atoms with van der Waals surface area (Å²) in [6, 6.07) is 15.8. The molecule has 2 unspecified atom stereocenters. The molecule has 3 N–H and O–H groups in total. The minimum Gasteiger partial charge on any atom is -0.506 e. The van der Waals surface area contributed by atoms with Crippen molar-refractivity contribution >= 4 is 56.2 Å². The van der Waals surface area contributed by atoms with Gasteiger partial charge in [0.2, 0.25) is 0 Å². The number of hydrazone groups is 1. The second-order valence-electron chi connectivity index (χ2n) is 9.58. The van der Waals surface area contributed by atoms with E-state index in [4.69, 9.17) is 4.74 Å². The molecule has 231 valence electrons. The SMILES string of the molecule is COc1cc(N=Nc2c(C)cc3ccc(N=NC4C(=O)N(c5ccc(C)cc5)N=C4C)cc3c2O)c(O)cc1S(=O)O.[Cu].[W]. The average Bonchev–Trinajstić information content (AvgIpc) is 3.25. The Labute approximate surface area is 280 Å². The number of carbonyl (C=O) groups excluding carboxylic acids is 1. The number of fused-ring (bicyclic) bond motifs is 1. The maximum absolute atomic E-state index is 13.0. The number of aryl methyl sites for hydroxylation is 2. The smallest absolute Gasteiger partial charge is 0.280 e. The van der Waals surface area contributed by atoms with E-state index in [1.165, 1.54) is 18.2 Å². The maximum Gasteiger partial charge on any atom is 0.280 e. The number of phenols is 2. The minimum atomic E-state index is -2.38. The Balaban J connectivity index is 0.00000264. The second-order valence-corrected chi connectivity index (χ2v) is 10.5. The Hall–Kier alpha value is -3.80. The van der Waals surface area contributed by atoms with E-state index in [2.05, 4.69) is 25.6 Å². The van der Waals surface area contributed by atoms with Crippen molar-refractivity contribution in [2.75, 3.05) is 12.1 Å². The van der Waals surface area contributed by atoms with E-state index >= 15 is 0 Å². The van der Waals surface area contributed by atoms with Crippen LogP contribution in [0.5, 0.6) is 17.2 Å². The number of rotatable bonds is 7. The van der Waals surface area contributed by atoms with Crippen molar-refractivity contribution in [2.45, 2.75) is 31.7 Å². The number of hydrogen-bond acceptors (Lipinski definition) is 10. The minimum absolute atomic E-state index is 0. The summed E-state index contributed by atoms with van der Waals surface area (Å²) in [7, 11) is 1.31. The number of hydrogen-bond donors (Lipinski definition) is 3. The van der Waals surface area contributed by atoms with Gasteiger partial charge in [0.05, 0.1) is 24.2 Å². The van der Waals surface area contributed by atoms with Crippen molar-refractivity contribution in [3.63, 3.8) is 0 Å². The third-order valence-corrected chi connectivity index (χ3v) is 7.33. The molecular formula is C29H26CuN6O6SW. The van der Waals surface area contributed by atoms with Gasteiger partial charge in [-0.15, -0.1) is 10.2 Å². The Kier molecular flexibility index (Phi) is 11.3. The molecular weight excluding hydrogens is 808 g/mol. The molecule has 0 fully saturated rings. The summed E-state index contributed by atoms with van der Waals surface area (Å²) in [5.74, 6) is -0.843. The third kappa shape index (κ3) is 6.95. The number of benzene rings is 4. The molecule has 0 saturated carbocycles. The molecule has 0 spiro atoms. The zero-order valence-corrected chi connectivity index (χ0v) is 28.4. The van der Waals surface area contributed by atoms with Crippen LogP contribution < -0.4 is 9.75 Å². The Morgan fingerprint density at radius 1 is 0.955 bits per heavy atom. The number of azo groups is 2. The first kappa shape index (κ1) is 34.7. The summed E-state index contributed by atoms with van der Waals surface area (Å²) in [5, 5.41) is 44.9. The van der Waals surface area contributed by atoms with Gasteiger partial charge >= 0.3 is 0 Å². The zero-order chi connectivity index (χ0) is 30.1. The average molecular weight is 834 g/mol. The number of ether oxygens (including phenoxy) is 1. The molecule has 2 atom stereocenters. The normalized spacial score (nSPS) is 15.4. The first-order valence-corrected chi connectivity index (χ1v) is 13.7. The summed E-state index contributed by atoms with van der Waals surface area (Å²) in [4.78, 5) is 12.9. The van der Waals surface area contributed by atoms with Gasteiger partial charge < -0.3 is 19.5 Å². The molecule has 1 amide bonds. The fourth-order valence-corrected chi connectivity index (χ4v) is 4.91. The van der Waals surface area contributed by atoms with Crippen LogP contribution in [-0.2, 0) is 54.0 Å². The van der Waals surface area contributed by atoms with Crippen molar-refractivity contribution in [1.29, 1.82) is 0 Å². The van der Waals surface area contributed by atoms with Gasteiger partial charge in [-0.3, -0.25) is 4.79 Å². The van der Waals surface area contributed by atoms with Crippen molar-refractivity contribution in [2.24, 2.45) is 25.6 Å². The van der Waals surface area contributed by atoms with Crippen LogP contribution in [0.15, 0.2) is 91.1 Å². The third-order valence-electron chi connectivity index (χ3n) is 6.63. The Bertz CT molecular complexity index is 1850. The van der Waals surface area contributed by atoms with Crippen LogP contribution >= 0.6 is 0 Å². The molecule has 12 nitrogen and oxygen atoms in total. The quantitative estimate of drug-likeness (QED) is 0.106. The van der Waals surface area contributed by atoms with Gasteiger partial charge in [-0.25, -0.2) is 4.21 Å². The number of nitrogens with zero attached hydrogens (tertiary/aromatic N) is 6. The molecule has 1 aliphatic heterocycles. The van der Waals surface area contributed by atoms with Gasteiger partial charge in [0.25, 0.3) is 5.91 Å². The van der Waals surface area contributed by atoms with Crippen molar-refractivity contribution in [3.8, 4) is 17.2 Å². The second kappa shape index (κ2) is 14.3. The number of amides is 1. The molecule has 0 bridgehead atoms. The van der Waals surface area contributed by atoms with E-state index in [1.54, 1.807) is 38.1 Å². The molecule has 15 heteroatoms. The number of phenolic OH excluding ortho intramolecular Hbond substituents is 2. The van der Waals surface area contributed by atoms with Gasteiger partial charge in [0, 0.05) is 55.7 Å². The van der Waals surface area contributed by atoms with E-state index in [9.17, 15) is 23.8 Å². The van der Waals surface area contributed by atoms with Crippen LogP contribution in [0.2, 0.25) is 0 Å². The summed E-state index contributed by atoms with van der Waals surface area (Å²) in [6.07, 6.45) is 0. The van der Waals surface area contributed by atoms with Crippen LogP contribution in [0.25, 0.3) is 10.8 Å². The van der Waals surface area contributed by atoms with Gasteiger partial charge in [0.1, 0.15) is 27.8 Å². The largest absolute Gasteiger partial charge is 0.506 e. The molecule has 0 saturated heterocycles. The van der Waals surface area contributed by atoms with Crippen molar-refractivity contribution in [1.82, 2.24) is 0 Å². The summed E-state index contributed by atoms with van der Waals surface area (Å²) >= 11 is -2.38. The van der Waals surface area contributed by atoms with Crippen molar-refractivity contribution in [3.05, 3.63) is 71.8 Å². The molecule has 1 heterocycles. The molecule has 44 heavy (non-hydrogen) atoms. The predicted molar refractivity (Wildman–Crippen MR) is 158 cm³/mol. The first-order chi connectivity index (χ1) is 20.1. The molecule has 0 aliphatic carbocycles. The molecule has 1 aliphatic rings. The monoisotopic (exact) mass is 833 g/mol. The van der Waals surface area contributed by atoms with Crippen LogP contribution in [-0.4, -0.2) is 43.7 Å². The van der Waals surface area contributed by atoms with E-state index in [1.807, 2.05) is 31.2 Å². The fourth-order valence-electron chi connectivity index (χ4n) is 4.38. The molecule has 4 aromatic carbocycles. The Morgan fingerprint density at radius 3 is 2.32 bits per heavy atom. The van der Waals surface area contributed by atoms with Crippen LogP contribution in [0.1, 0.15) is 18.1 Å². The maximum atomic E-state index is 13.0. The molecule has 5 rings (SSSR count). The van der Waals surface area contributed by atoms with Gasteiger partial charge in [-0.2, -0.15) is 20.3 Å². The fraction of sp³-hybridized carbons (Fsp3) is 0.172. The predicted octanol–water partition coefficient (Wildman–Crippen LogP) is 6.74. The standard InChI is InChI=1S/C29H26N6O6S.Cu.W/c1-15-5-9-20(10-6-15)35-29(38)27(17(3)34-35)33-30-19-8-7-18-11-16(2)26(28(37)21(18)12-19)32-31-22-13-24(41-4)25(42(39)40)14-23(22)36;;/h5-14,27,36-37H,1-4H3,(H,39,40);;. The summed E-state index contributed by atoms with van der Waals surface area (Å²) in [5.41, 5.74) is 3.33. The summed E-state index contributed by atoms with van der Waals surface area (Å²) < 4.78 is 26.0. The van der Waals surface area contributed by atoms with E-state index in [0.29, 0.717) is 33.4 Å². The van der Waals surface area contributed by atoms with E-state index < -0.39 is 17.1 Å². The number of methoxy groups -OCH3 is 1. The number of aromatic hydroxyl groups is 2.